The fraction of sp³-hybridized carbons (Fsp3) is 0.750. The van der Waals surface area contributed by atoms with E-state index >= 15 is 0 Å². The van der Waals surface area contributed by atoms with E-state index in [0.29, 0.717) is 0 Å². The number of nitrogens with zero attached hydrogens (tertiary/aromatic N) is 1. The Morgan fingerprint density at radius 2 is 1.71 bits per heavy atom. The predicted octanol–water partition coefficient (Wildman–Crippen LogP) is 0.816. The first kappa shape index (κ1) is 4.51. The molecule has 0 spiro atoms. The predicted molar refractivity (Wildman–Crippen MR) is 18.9 cm³/mol. The Morgan fingerprint density at radius 1 is 1.29 bits per heavy atom. The van der Waals surface area contributed by atoms with Crippen LogP contribution in [-0.2, 0) is 0 Å². The van der Waals surface area contributed by atoms with E-state index in [0.717, 1.165) is 0 Å². The molecule has 1 rings (SSSR count). The van der Waals surface area contributed by atoms with Gasteiger partial charge in [-0.15, -0.1) is 0 Å². The topological polar surface area (TPSA) is 23.8 Å². The highest BCUT2D eigenvalue weighted by Gasteiger charge is 2.53. The Morgan fingerprint density at radius 3 is 1.71 bits per heavy atom. The van der Waals surface area contributed by atoms with Crippen molar-refractivity contribution in [3.05, 3.63) is 0 Å². The molecule has 1 fully saturated rings. The van der Waals surface area contributed by atoms with E-state index in [4.69, 9.17) is 5.26 Å². The zero-order chi connectivity index (χ0) is 5.44. The molecule has 0 aromatic rings. The number of alkyl halides is 2. The Kier molecular flexibility index (Phi) is 0.746. The van der Waals surface area contributed by atoms with Gasteiger partial charge >= 0.3 is 0 Å². The lowest BCUT2D eigenvalue weighted by molar-refractivity contribution is 0.372. The van der Waals surface area contributed by atoms with Crippen molar-refractivity contribution in [2.24, 2.45) is 5.92 Å². The summed E-state index contributed by atoms with van der Waals surface area (Å²) in [5.74, 6) is -0.958. The van der Waals surface area contributed by atoms with Gasteiger partial charge in [-0.3, -0.25) is 0 Å². The molecule has 1 aliphatic carbocycles. The Bertz CT molecular complexity index is 109. The summed E-state index contributed by atoms with van der Waals surface area (Å²) in [6, 6.07) is 1.49. The molecule has 3 heteroatoms. The quantitative estimate of drug-likeness (QED) is 0.445. The second kappa shape index (κ2) is 1.16. The van der Waals surface area contributed by atoms with Gasteiger partial charge in [0, 0.05) is 0 Å². The molecule has 0 aliphatic heterocycles. The molecule has 1 nitrogen and oxygen atoms in total. The lowest BCUT2D eigenvalue weighted by Gasteiger charge is -1.59. The third kappa shape index (κ3) is 0.466. The lowest BCUT2D eigenvalue weighted by atomic mass is 10.5. The van der Waals surface area contributed by atoms with Crippen LogP contribution in [0.2, 0.25) is 0 Å². The Balaban J connectivity index is 2.42. The standard InChI is InChI=1S/C4H3F2N/c5-3-2(1-7)4(3)6/h2-4H. The maximum atomic E-state index is 11.6. The molecule has 0 aromatic carbocycles. The fourth-order valence-corrected chi connectivity index (χ4v) is 0.382. The van der Waals surface area contributed by atoms with E-state index in [-0.39, 0.29) is 0 Å². The second-order valence-electron chi connectivity index (χ2n) is 1.54. The van der Waals surface area contributed by atoms with Crippen molar-refractivity contribution < 1.29 is 8.78 Å². The van der Waals surface area contributed by atoms with Gasteiger partial charge in [-0.05, 0) is 0 Å². The van der Waals surface area contributed by atoms with E-state index in [1.165, 1.54) is 6.07 Å². The van der Waals surface area contributed by atoms with Gasteiger partial charge < -0.3 is 0 Å². The van der Waals surface area contributed by atoms with Crippen molar-refractivity contribution in [2.45, 2.75) is 12.3 Å². The molecular formula is C4H3F2N. The Labute approximate surface area is 39.6 Å². The molecule has 0 radical (unpaired) electrons. The van der Waals surface area contributed by atoms with Crippen molar-refractivity contribution >= 4 is 0 Å². The van der Waals surface area contributed by atoms with Crippen LogP contribution in [0.1, 0.15) is 0 Å². The minimum absolute atomic E-state index is 0.958. The first-order valence-corrected chi connectivity index (χ1v) is 1.95. The smallest absolute Gasteiger partial charge is 0.151 e. The summed E-state index contributed by atoms with van der Waals surface area (Å²) in [5.41, 5.74) is 0. The fourth-order valence-electron chi connectivity index (χ4n) is 0.382. The van der Waals surface area contributed by atoms with Crippen LogP contribution in [0.5, 0.6) is 0 Å². The number of halogens is 2. The lowest BCUT2D eigenvalue weighted by Crippen LogP contribution is -1.68. The van der Waals surface area contributed by atoms with E-state index in [1.54, 1.807) is 0 Å². The third-order valence-corrected chi connectivity index (χ3v) is 0.999. The van der Waals surface area contributed by atoms with Gasteiger partial charge in [0.05, 0.1) is 6.07 Å². The highest BCUT2D eigenvalue weighted by Crippen LogP contribution is 2.36. The van der Waals surface area contributed by atoms with Crippen LogP contribution < -0.4 is 0 Å². The first-order chi connectivity index (χ1) is 3.27. The summed E-state index contributed by atoms with van der Waals surface area (Å²) >= 11 is 0. The molecule has 7 heavy (non-hydrogen) atoms. The third-order valence-electron chi connectivity index (χ3n) is 0.999. The van der Waals surface area contributed by atoms with Crippen molar-refractivity contribution in [3.63, 3.8) is 0 Å². The molecule has 0 bridgehead atoms. The van der Waals surface area contributed by atoms with Crippen LogP contribution in [0.4, 0.5) is 8.78 Å². The minimum Gasteiger partial charge on any atom is -0.243 e. The zero-order valence-corrected chi connectivity index (χ0v) is 3.44. The molecular weight excluding hydrogens is 100 g/mol. The van der Waals surface area contributed by atoms with Crippen LogP contribution in [0.3, 0.4) is 0 Å². The van der Waals surface area contributed by atoms with Gasteiger partial charge in [-0.1, -0.05) is 0 Å². The molecule has 0 aromatic heterocycles. The molecule has 0 amide bonds. The Hall–Kier alpha value is -0.650. The number of hydrogen-bond donors (Lipinski definition) is 0. The summed E-state index contributed by atoms with van der Waals surface area (Å²) in [5, 5.41) is 7.82. The summed E-state index contributed by atoms with van der Waals surface area (Å²) < 4.78 is 23.1. The summed E-state index contributed by atoms with van der Waals surface area (Å²) in [6.45, 7) is 0. The van der Waals surface area contributed by atoms with Crippen LogP contribution in [0.25, 0.3) is 0 Å². The maximum Gasteiger partial charge on any atom is 0.151 e. The SMILES string of the molecule is N#CC1C(F)C1F. The second-order valence-corrected chi connectivity index (χ2v) is 1.54. The molecule has 0 heterocycles. The van der Waals surface area contributed by atoms with Crippen LogP contribution in [0, 0.1) is 17.2 Å². The van der Waals surface area contributed by atoms with E-state index in [9.17, 15) is 8.78 Å². The van der Waals surface area contributed by atoms with Gasteiger partial charge in [0.15, 0.2) is 12.3 Å². The van der Waals surface area contributed by atoms with Crippen molar-refractivity contribution in [3.8, 4) is 6.07 Å². The van der Waals surface area contributed by atoms with Crippen LogP contribution >= 0.6 is 0 Å². The molecule has 0 saturated heterocycles. The van der Waals surface area contributed by atoms with E-state index < -0.39 is 18.3 Å². The summed E-state index contributed by atoms with van der Waals surface area (Å²) in [6.07, 6.45) is -2.99. The summed E-state index contributed by atoms with van der Waals surface area (Å²) in [4.78, 5) is 0. The van der Waals surface area contributed by atoms with Gasteiger partial charge in [-0.2, -0.15) is 5.26 Å². The molecule has 1 aliphatic rings. The number of hydrogen-bond acceptors (Lipinski definition) is 1. The average molecular weight is 103 g/mol. The highest BCUT2D eigenvalue weighted by molar-refractivity contribution is 5.11. The zero-order valence-electron chi connectivity index (χ0n) is 3.44. The average Bonchev–Trinajstić information content (AvgIpc) is 2.17. The molecule has 1 saturated carbocycles. The molecule has 2 atom stereocenters. The normalized spacial score (nSPS) is 47.9. The monoisotopic (exact) mass is 103 g/mol. The van der Waals surface area contributed by atoms with Gasteiger partial charge in [0.25, 0.3) is 0 Å². The summed E-state index contributed by atoms with van der Waals surface area (Å²) in [7, 11) is 0. The van der Waals surface area contributed by atoms with E-state index in [1.807, 2.05) is 0 Å². The largest absolute Gasteiger partial charge is 0.243 e. The van der Waals surface area contributed by atoms with Gasteiger partial charge in [0.1, 0.15) is 5.92 Å². The number of nitriles is 1. The van der Waals surface area contributed by atoms with Crippen LogP contribution in [-0.4, -0.2) is 12.3 Å². The van der Waals surface area contributed by atoms with Crippen molar-refractivity contribution in [2.75, 3.05) is 0 Å². The molecule has 38 valence electrons. The van der Waals surface area contributed by atoms with Crippen molar-refractivity contribution in [1.29, 1.82) is 5.26 Å². The molecule has 2 unspecified atom stereocenters. The maximum absolute atomic E-state index is 11.6. The highest BCUT2D eigenvalue weighted by atomic mass is 19.2. The van der Waals surface area contributed by atoms with Crippen LogP contribution in [0.15, 0.2) is 0 Å². The number of rotatable bonds is 0. The van der Waals surface area contributed by atoms with Gasteiger partial charge in [-0.25, -0.2) is 8.78 Å². The first-order valence-electron chi connectivity index (χ1n) is 1.95. The van der Waals surface area contributed by atoms with E-state index in [2.05, 4.69) is 0 Å². The minimum atomic E-state index is -1.50. The van der Waals surface area contributed by atoms with Crippen molar-refractivity contribution in [1.82, 2.24) is 0 Å². The van der Waals surface area contributed by atoms with Gasteiger partial charge in [0.2, 0.25) is 0 Å². The molecule has 0 N–H and O–H groups in total.